The first-order valence-corrected chi connectivity index (χ1v) is 12.1. The monoisotopic (exact) mass is 470 g/mol. The zero-order valence-electron chi connectivity index (χ0n) is 19.4. The zero-order chi connectivity index (χ0) is 24.3. The Kier molecular flexibility index (Phi) is 5.00. The summed E-state index contributed by atoms with van der Waals surface area (Å²) in [7, 11) is 0. The molecule has 3 heterocycles. The van der Waals surface area contributed by atoms with Gasteiger partial charge in [0.2, 0.25) is 11.8 Å². The summed E-state index contributed by atoms with van der Waals surface area (Å²) >= 11 is 0. The van der Waals surface area contributed by atoms with Gasteiger partial charge in [-0.2, -0.15) is 0 Å². The second kappa shape index (κ2) is 7.99. The lowest BCUT2D eigenvalue weighted by Gasteiger charge is -2.47. The second-order valence-corrected chi connectivity index (χ2v) is 9.77. The third kappa shape index (κ3) is 3.01. The number of esters is 1. The normalized spacial score (nSPS) is 31.7. The highest BCUT2D eigenvalue weighted by molar-refractivity contribution is 6.24. The molecule has 0 bridgehead atoms. The zero-order valence-corrected chi connectivity index (χ0v) is 19.4. The number of nitrogens with zero attached hydrogens (tertiary/aromatic N) is 2. The summed E-state index contributed by atoms with van der Waals surface area (Å²) in [6, 6.07) is 18.0. The fourth-order valence-corrected chi connectivity index (χ4v) is 6.78. The van der Waals surface area contributed by atoms with E-state index in [9.17, 15) is 19.2 Å². The number of para-hydroxylation sites is 1. The van der Waals surface area contributed by atoms with Gasteiger partial charge in [-0.3, -0.25) is 24.1 Å². The van der Waals surface area contributed by atoms with Crippen LogP contribution in [0.3, 0.4) is 0 Å². The largest absolute Gasteiger partial charge is 0.465 e. The van der Waals surface area contributed by atoms with Gasteiger partial charge in [-0.25, -0.2) is 4.90 Å². The molecule has 5 atom stereocenters. The van der Waals surface area contributed by atoms with Gasteiger partial charge in [0.15, 0.2) is 5.78 Å². The van der Waals surface area contributed by atoms with Crippen LogP contribution in [0.15, 0.2) is 72.3 Å². The number of anilines is 1. The van der Waals surface area contributed by atoms with Crippen molar-refractivity contribution in [2.45, 2.75) is 31.3 Å². The van der Waals surface area contributed by atoms with Gasteiger partial charge in [-0.1, -0.05) is 48.5 Å². The quantitative estimate of drug-likeness (QED) is 0.505. The van der Waals surface area contributed by atoms with E-state index in [0.29, 0.717) is 18.7 Å². The van der Waals surface area contributed by atoms with Crippen LogP contribution in [-0.4, -0.2) is 47.2 Å². The SMILES string of the molecule is CCOC(=O)C12CC3CC(=O)C=C3CN1C(c1ccccc1)C1C(=O)N(c3ccccc3)C(=O)C12. The van der Waals surface area contributed by atoms with Crippen LogP contribution in [-0.2, 0) is 23.9 Å². The Morgan fingerprint density at radius 2 is 1.69 bits per heavy atom. The molecule has 178 valence electrons. The number of hydrogen-bond acceptors (Lipinski definition) is 6. The molecule has 3 fully saturated rings. The second-order valence-electron chi connectivity index (χ2n) is 9.77. The lowest BCUT2D eigenvalue weighted by Crippen LogP contribution is -2.62. The van der Waals surface area contributed by atoms with Crippen LogP contribution in [0.4, 0.5) is 5.69 Å². The van der Waals surface area contributed by atoms with Crippen molar-refractivity contribution in [2.75, 3.05) is 18.1 Å². The molecule has 4 aliphatic rings. The Morgan fingerprint density at radius 1 is 1.00 bits per heavy atom. The molecule has 1 aliphatic carbocycles. The summed E-state index contributed by atoms with van der Waals surface area (Å²) in [5.74, 6) is -2.87. The van der Waals surface area contributed by atoms with Gasteiger partial charge >= 0.3 is 5.97 Å². The molecule has 2 aromatic rings. The molecule has 5 unspecified atom stereocenters. The molecule has 3 saturated heterocycles. The first-order chi connectivity index (χ1) is 17.0. The van der Waals surface area contributed by atoms with Crippen LogP contribution >= 0.6 is 0 Å². The maximum Gasteiger partial charge on any atom is 0.327 e. The summed E-state index contributed by atoms with van der Waals surface area (Å²) in [6.07, 6.45) is 2.29. The van der Waals surface area contributed by atoms with Crippen molar-refractivity contribution in [3.8, 4) is 0 Å². The number of amides is 2. The van der Waals surface area contributed by atoms with Crippen LogP contribution in [0.5, 0.6) is 0 Å². The minimum atomic E-state index is -1.32. The number of benzene rings is 2. The van der Waals surface area contributed by atoms with E-state index in [2.05, 4.69) is 0 Å². The Hall–Kier alpha value is -3.58. The summed E-state index contributed by atoms with van der Waals surface area (Å²) in [5.41, 5.74) is 1.02. The van der Waals surface area contributed by atoms with E-state index in [0.717, 1.165) is 11.1 Å². The molecule has 0 aromatic heterocycles. The Bertz CT molecular complexity index is 1260. The number of carbonyl (C=O) groups excluding carboxylic acids is 4. The van der Waals surface area contributed by atoms with E-state index in [1.165, 1.54) is 4.90 Å². The predicted molar refractivity (Wildman–Crippen MR) is 127 cm³/mol. The van der Waals surface area contributed by atoms with Crippen molar-refractivity contribution >= 4 is 29.3 Å². The minimum Gasteiger partial charge on any atom is -0.465 e. The third-order valence-electron chi connectivity index (χ3n) is 8.07. The molecule has 6 rings (SSSR count). The highest BCUT2D eigenvalue weighted by atomic mass is 16.5. The molecule has 3 aliphatic heterocycles. The number of allylic oxidation sites excluding steroid dienone is 1. The minimum absolute atomic E-state index is 0.0396. The lowest BCUT2D eigenvalue weighted by molar-refractivity contribution is -0.164. The standard InChI is InChI=1S/C28H26N2O5/c1-2-35-27(34)28-15-18-13-21(31)14-19(18)16-29(28)24(17-9-5-3-6-10-17)22-23(28)26(33)30(25(22)32)20-11-7-4-8-12-20/h3-12,14,18,22-24H,2,13,15-16H2,1H3. The molecule has 0 radical (unpaired) electrons. The summed E-state index contributed by atoms with van der Waals surface area (Å²) in [6.45, 7) is 2.26. The van der Waals surface area contributed by atoms with E-state index in [1.54, 1.807) is 37.3 Å². The Balaban J connectivity index is 1.56. The van der Waals surface area contributed by atoms with Crippen molar-refractivity contribution in [1.82, 2.24) is 4.90 Å². The van der Waals surface area contributed by atoms with Gasteiger partial charge < -0.3 is 4.74 Å². The third-order valence-corrected chi connectivity index (χ3v) is 8.07. The Morgan fingerprint density at radius 3 is 2.37 bits per heavy atom. The topological polar surface area (TPSA) is 84.0 Å². The lowest BCUT2D eigenvalue weighted by atomic mass is 9.71. The highest BCUT2D eigenvalue weighted by Crippen LogP contribution is 2.61. The van der Waals surface area contributed by atoms with Crippen molar-refractivity contribution in [3.05, 3.63) is 77.9 Å². The van der Waals surface area contributed by atoms with E-state index >= 15 is 0 Å². The van der Waals surface area contributed by atoms with Gasteiger partial charge in [-0.05, 0) is 48.6 Å². The van der Waals surface area contributed by atoms with Gasteiger partial charge in [0, 0.05) is 19.0 Å². The van der Waals surface area contributed by atoms with Crippen molar-refractivity contribution in [2.24, 2.45) is 17.8 Å². The van der Waals surface area contributed by atoms with Gasteiger partial charge in [0.25, 0.3) is 0 Å². The number of ether oxygens (including phenoxy) is 1. The predicted octanol–water partition coefficient (Wildman–Crippen LogP) is 3.07. The first kappa shape index (κ1) is 21.9. The molecule has 7 nitrogen and oxygen atoms in total. The van der Waals surface area contributed by atoms with Crippen LogP contribution < -0.4 is 4.90 Å². The molecule has 35 heavy (non-hydrogen) atoms. The van der Waals surface area contributed by atoms with Crippen LogP contribution in [0.1, 0.15) is 31.4 Å². The van der Waals surface area contributed by atoms with Crippen molar-refractivity contribution < 1.29 is 23.9 Å². The number of ketones is 1. The van der Waals surface area contributed by atoms with E-state index in [4.69, 9.17) is 4.74 Å². The van der Waals surface area contributed by atoms with Gasteiger partial charge in [0.05, 0.1) is 24.1 Å². The first-order valence-electron chi connectivity index (χ1n) is 12.1. The Labute approximate surface area is 203 Å². The highest BCUT2D eigenvalue weighted by Gasteiger charge is 2.74. The van der Waals surface area contributed by atoms with E-state index in [-0.39, 0.29) is 36.5 Å². The number of fused-ring (bicyclic) bond motifs is 4. The number of piperidine rings is 1. The van der Waals surface area contributed by atoms with Crippen LogP contribution in [0.25, 0.3) is 0 Å². The summed E-state index contributed by atoms with van der Waals surface area (Å²) in [4.78, 5) is 57.5. The maximum atomic E-state index is 14.1. The average Bonchev–Trinajstić information content (AvgIpc) is 3.46. The summed E-state index contributed by atoms with van der Waals surface area (Å²) < 4.78 is 5.61. The molecular formula is C28H26N2O5. The number of hydrogen-bond donors (Lipinski definition) is 0. The maximum absolute atomic E-state index is 14.1. The van der Waals surface area contributed by atoms with Crippen molar-refractivity contribution in [3.63, 3.8) is 0 Å². The van der Waals surface area contributed by atoms with Gasteiger partial charge in [-0.15, -0.1) is 0 Å². The number of carbonyl (C=O) groups is 4. The number of imide groups is 1. The molecule has 0 saturated carbocycles. The van der Waals surface area contributed by atoms with Crippen LogP contribution in [0, 0.1) is 17.8 Å². The van der Waals surface area contributed by atoms with Crippen LogP contribution in [0.2, 0.25) is 0 Å². The molecule has 0 N–H and O–H groups in total. The molecule has 2 aromatic carbocycles. The average molecular weight is 471 g/mol. The fourth-order valence-electron chi connectivity index (χ4n) is 6.78. The van der Waals surface area contributed by atoms with Crippen molar-refractivity contribution in [1.29, 1.82) is 0 Å². The smallest absolute Gasteiger partial charge is 0.327 e. The molecule has 0 spiro atoms. The van der Waals surface area contributed by atoms with Gasteiger partial charge in [0.1, 0.15) is 5.54 Å². The number of rotatable bonds is 4. The molecule has 2 amide bonds. The van der Waals surface area contributed by atoms with E-state index in [1.807, 2.05) is 41.3 Å². The summed E-state index contributed by atoms with van der Waals surface area (Å²) in [5, 5.41) is 0. The molecule has 7 heteroatoms. The molecular weight excluding hydrogens is 444 g/mol. The van der Waals surface area contributed by atoms with E-state index < -0.39 is 29.4 Å². The fraction of sp³-hybridized carbons (Fsp3) is 0.357.